The summed E-state index contributed by atoms with van der Waals surface area (Å²) >= 11 is 0. The van der Waals surface area contributed by atoms with Crippen molar-refractivity contribution in [2.24, 2.45) is 5.41 Å². The Balaban J connectivity index is 1.85. The molecule has 0 spiro atoms. The monoisotopic (exact) mass is 422 g/mol. The summed E-state index contributed by atoms with van der Waals surface area (Å²) in [7, 11) is 2.00. The summed E-state index contributed by atoms with van der Waals surface area (Å²) in [6.07, 6.45) is 3.45. The Morgan fingerprint density at radius 3 is 2.40 bits per heavy atom. The molecule has 1 aliphatic carbocycles. The average Bonchev–Trinajstić information content (AvgIpc) is 3.45. The molecule has 1 aliphatic heterocycles. The average molecular weight is 422 g/mol. The number of hydrogen-bond acceptors (Lipinski definition) is 6. The zero-order chi connectivity index (χ0) is 21.7. The fraction of sp³-hybridized carbons (Fsp3) is 0.524. The van der Waals surface area contributed by atoms with Gasteiger partial charge in [-0.3, -0.25) is 4.79 Å². The van der Waals surface area contributed by atoms with E-state index in [-0.39, 0.29) is 30.1 Å². The van der Waals surface area contributed by atoms with E-state index in [4.69, 9.17) is 10.1 Å². The van der Waals surface area contributed by atoms with Crippen molar-refractivity contribution < 1.29 is 23.4 Å². The van der Waals surface area contributed by atoms with Gasteiger partial charge in [0.1, 0.15) is 17.3 Å². The van der Waals surface area contributed by atoms with E-state index in [1.807, 2.05) is 11.9 Å². The smallest absolute Gasteiger partial charge is 0.293 e. The Hall–Kier alpha value is -2.52. The zero-order valence-corrected chi connectivity index (χ0v) is 17.1. The highest BCUT2D eigenvalue weighted by Gasteiger charge is 2.43. The molecule has 1 heterocycles. The fourth-order valence-electron chi connectivity index (χ4n) is 3.52. The summed E-state index contributed by atoms with van der Waals surface area (Å²) in [6, 6.07) is 2.77. The topological polar surface area (TPSA) is 88.9 Å². The number of likely N-dealkylation sites (N-methyl/N-ethyl adjacent to an activating group) is 1. The highest BCUT2D eigenvalue weighted by Crippen LogP contribution is 2.49. The van der Waals surface area contributed by atoms with Gasteiger partial charge in [0, 0.05) is 56.2 Å². The highest BCUT2D eigenvalue weighted by atomic mass is 19.1. The van der Waals surface area contributed by atoms with Crippen LogP contribution in [0.3, 0.4) is 0 Å². The molecule has 0 radical (unpaired) electrons. The van der Waals surface area contributed by atoms with Gasteiger partial charge in [0.05, 0.1) is 6.61 Å². The molecule has 0 atom stereocenters. The van der Waals surface area contributed by atoms with Gasteiger partial charge in [0.2, 0.25) is 5.76 Å². The molecule has 9 heteroatoms. The van der Waals surface area contributed by atoms with Gasteiger partial charge in [0.25, 0.3) is 5.91 Å². The Labute approximate surface area is 174 Å². The van der Waals surface area contributed by atoms with Crippen LogP contribution >= 0.6 is 0 Å². The van der Waals surface area contributed by atoms with Crippen molar-refractivity contribution in [2.45, 2.75) is 19.3 Å². The molecule has 7 nitrogen and oxygen atoms in total. The molecule has 2 fully saturated rings. The van der Waals surface area contributed by atoms with Gasteiger partial charge >= 0.3 is 0 Å². The van der Waals surface area contributed by atoms with Gasteiger partial charge in [-0.15, -0.1) is 0 Å². The third-order valence-corrected chi connectivity index (χ3v) is 5.66. The number of nitrogens with zero attached hydrogens (tertiary/aromatic N) is 2. The van der Waals surface area contributed by atoms with Crippen molar-refractivity contribution in [3.05, 3.63) is 41.3 Å². The number of anilines is 1. The number of ether oxygens (including phenoxy) is 1. The molecule has 1 saturated carbocycles. The van der Waals surface area contributed by atoms with E-state index in [0.29, 0.717) is 25.2 Å². The van der Waals surface area contributed by atoms with Crippen LogP contribution in [0.15, 0.2) is 29.7 Å². The summed E-state index contributed by atoms with van der Waals surface area (Å²) < 4.78 is 33.0. The normalized spacial score (nSPS) is 19.1. The lowest BCUT2D eigenvalue weighted by atomic mass is 10.1. The van der Waals surface area contributed by atoms with Crippen LogP contribution in [0.5, 0.6) is 0 Å². The molecule has 3 rings (SSSR count). The number of benzene rings is 1. The lowest BCUT2D eigenvalue weighted by Gasteiger charge is -2.35. The Kier molecular flexibility index (Phi) is 7.04. The molecule has 0 unspecified atom stereocenters. The lowest BCUT2D eigenvalue weighted by Crippen LogP contribution is -2.45. The molecule has 1 saturated heterocycles. The predicted molar refractivity (Wildman–Crippen MR) is 109 cm³/mol. The third-order valence-electron chi connectivity index (χ3n) is 5.66. The number of aliphatic hydroxyl groups is 1. The van der Waals surface area contributed by atoms with Gasteiger partial charge in [-0.1, -0.05) is 0 Å². The summed E-state index contributed by atoms with van der Waals surface area (Å²) in [4.78, 5) is 17.1. The van der Waals surface area contributed by atoms with Gasteiger partial charge < -0.3 is 30.4 Å². The number of nitrogens with one attached hydrogen (secondary N) is 2. The van der Waals surface area contributed by atoms with Crippen molar-refractivity contribution in [3.8, 4) is 0 Å². The molecule has 1 aromatic rings. The van der Waals surface area contributed by atoms with E-state index in [1.165, 1.54) is 0 Å². The van der Waals surface area contributed by atoms with E-state index in [1.54, 1.807) is 0 Å². The highest BCUT2D eigenvalue weighted by molar-refractivity contribution is 6.05. The second kappa shape index (κ2) is 9.53. The third kappa shape index (κ3) is 5.54. The minimum absolute atomic E-state index is 0.0298. The maximum atomic E-state index is 13.5. The van der Waals surface area contributed by atoms with Crippen molar-refractivity contribution in [3.63, 3.8) is 0 Å². The van der Waals surface area contributed by atoms with Gasteiger partial charge in [-0.25, -0.2) is 8.78 Å². The first-order valence-corrected chi connectivity index (χ1v) is 10.1. The van der Waals surface area contributed by atoms with Crippen LogP contribution in [0.2, 0.25) is 0 Å². The van der Waals surface area contributed by atoms with Crippen molar-refractivity contribution >= 4 is 17.8 Å². The first kappa shape index (κ1) is 22.2. The largest absolute Gasteiger partial charge is 0.486 e. The molecule has 0 aromatic heterocycles. The molecule has 3 N–H and O–H groups in total. The number of carbonyl (C=O) groups excluding carboxylic acids is 1. The Morgan fingerprint density at radius 1 is 1.23 bits per heavy atom. The maximum Gasteiger partial charge on any atom is 0.293 e. The molecule has 1 amide bonds. The molecule has 1 aromatic carbocycles. The van der Waals surface area contributed by atoms with E-state index < -0.39 is 17.5 Å². The number of aliphatic hydroxyl groups excluding tert-OH is 1. The molecular formula is C21H28F2N4O3. The van der Waals surface area contributed by atoms with Crippen LogP contribution in [-0.2, 0) is 9.53 Å². The lowest BCUT2D eigenvalue weighted by molar-refractivity contribution is -0.116. The molecule has 0 bridgehead atoms. The van der Waals surface area contributed by atoms with E-state index >= 15 is 0 Å². The summed E-state index contributed by atoms with van der Waals surface area (Å²) in [5, 5.41) is 19.7. The first-order chi connectivity index (χ1) is 14.4. The summed E-state index contributed by atoms with van der Waals surface area (Å²) in [6.45, 7) is 3.06. The van der Waals surface area contributed by atoms with Crippen LogP contribution in [-0.4, -0.2) is 73.5 Å². The molecule has 2 aliphatic rings. The molecule has 30 heavy (non-hydrogen) atoms. The number of hydrogen-bond donors (Lipinski definition) is 3. The minimum Gasteiger partial charge on any atom is -0.486 e. The summed E-state index contributed by atoms with van der Waals surface area (Å²) in [5.41, 5.74) is 0.135. The quantitative estimate of drug-likeness (QED) is 0.323. The van der Waals surface area contributed by atoms with E-state index in [2.05, 4.69) is 10.2 Å². The summed E-state index contributed by atoms with van der Waals surface area (Å²) in [5.74, 6) is -2.33. The number of rotatable bonds is 9. The Bertz CT molecular complexity index is 798. The predicted octanol–water partition coefficient (Wildman–Crippen LogP) is 2.19. The second-order valence-electron chi connectivity index (χ2n) is 8.02. The number of carbonyl (C=O) groups is 1. The fourth-order valence-corrected chi connectivity index (χ4v) is 3.52. The van der Waals surface area contributed by atoms with Crippen molar-refractivity contribution in [1.29, 1.82) is 5.41 Å². The van der Waals surface area contributed by atoms with Crippen LogP contribution in [0.4, 0.5) is 14.5 Å². The van der Waals surface area contributed by atoms with Crippen LogP contribution in [0.1, 0.15) is 19.3 Å². The van der Waals surface area contributed by atoms with Gasteiger partial charge in [-0.05, 0) is 38.4 Å². The van der Waals surface area contributed by atoms with E-state index in [0.717, 1.165) is 50.3 Å². The number of amides is 1. The molecule has 164 valence electrons. The standard InChI is InChI=1S/C21H28F2N4O3/c1-26-5-7-27(8-6-26)18(13-24)19(30-14-21(2-3-21)4-9-28)20(29)25-17-11-15(22)10-16(23)12-17/h10-13,24,28H,2-9,14H2,1H3,(H,25,29)/b19-18-,24-13?. The first-order valence-electron chi connectivity index (χ1n) is 10.1. The number of allylic oxidation sites excluding steroid dienone is 1. The van der Waals surface area contributed by atoms with E-state index in [9.17, 15) is 18.7 Å². The second-order valence-corrected chi connectivity index (χ2v) is 8.02. The SMILES string of the molecule is CN1CCN(/C(C=N)=C(\OCC2(CCO)CC2)C(=O)Nc2cc(F)cc(F)c2)CC1. The number of piperazine rings is 1. The Morgan fingerprint density at radius 2 is 1.87 bits per heavy atom. The number of halogens is 2. The molecular weight excluding hydrogens is 394 g/mol. The van der Waals surface area contributed by atoms with Gasteiger partial charge in [0.15, 0.2) is 0 Å². The van der Waals surface area contributed by atoms with Crippen LogP contribution < -0.4 is 5.32 Å². The van der Waals surface area contributed by atoms with Gasteiger partial charge in [-0.2, -0.15) is 0 Å². The minimum atomic E-state index is -0.803. The van der Waals surface area contributed by atoms with Crippen LogP contribution in [0.25, 0.3) is 0 Å². The maximum absolute atomic E-state index is 13.5. The van der Waals surface area contributed by atoms with Crippen molar-refractivity contribution in [1.82, 2.24) is 9.80 Å². The zero-order valence-electron chi connectivity index (χ0n) is 17.1. The van der Waals surface area contributed by atoms with Crippen molar-refractivity contribution in [2.75, 3.05) is 51.8 Å². The van der Waals surface area contributed by atoms with Crippen LogP contribution in [0, 0.1) is 22.5 Å².